The van der Waals surface area contributed by atoms with E-state index in [2.05, 4.69) is 10.0 Å². The van der Waals surface area contributed by atoms with Gasteiger partial charge in [-0.05, 0) is 63.3 Å². The van der Waals surface area contributed by atoms with E-state index in [0.29, 0.717) is 58.2 Å². The molecular formula is C25H39N5O5. The molecular weight excluding hydrogens is 450 g/mol. The first-order valence-corrected chi connectivity index (χ1v) is 13.2. The molecule has 0 bridgehead atoms. The first-order chi connectivity index (χ1) is 17.1. The Kier molecular flexibility index (Phi) is 9.43. The van der Waals surface area contributed by atoms with Crippen molar-refractivity contribution in [3.63, 3.8) is 0 Å². The molecule has 1 N–H and O–H groups in total. The Bertz CT molecular complexity index is 841. The van der Waals surface area contributed by atoms with E-state index in [0.717, 1.165) is 56.9 Å². The summed E-state index contributed by atoms with van der Waals surface area (Å²) in [6, 6.07) is 0. The molecule has 1 saturated carbocycles. The summed E-state index contributed by atoms with van der Waals surface area (Å²) in [5.41, 5.74) is 10.3. The smallest absolute Gasteiger partial charge is 0.254 e. The van der Waals surface area contributed by atoms with Crippen LogP contribution in [0, 0.1) is 5.92 Å². The maximum Gasteiger partial charge on any atom is 0.254 e. The summed E-state index contributed by atoms with van der Waals surface area (Å²) < 4.78 is 17.6. The first-order valence-electron chi connectivity index (χ1n) is 13.2. The third-order valence-electron chi connectivity index (χ3n) is 7.70. The van der Waals surface area contributed by atoms with E-state index in [1.165, 1.54) is 5.57 Å². The Morgan fingerprint density at radius 1 is 1.20 bits per heavy atom. The van der Waals surface area contributed by atoms with Crippen LogP contribution in [0.15, 0.2) is 21.3 Å². The van der Waals surface area contributed by atoms with Crippen LogP contribution in [0.5, 0.6) is 0 Å². The number of morpholine rings is 1. The van der Waals surface area contributed by atoms with Gasteiger partial charge in [0.15, 0.2) is 11.4 Å². The lowest BCUT2D eigenvalue weighted by Crippen LogP contribution is -2.52. The second kappa shape index (κ2) is 12.7. The number of amides is 1. The highest BCUT2D eigenvalue weighted by Crippen LogP contribution is 2.39. The normalized spacial score (nSPS) is 29.4. The monoisotopic (exact) mass is 489 g/mol. The summed E-state index contributed by atoms with van der Waals surface area (Å²) in [6.07, 6.45) is 9.12. The van der Waals surface area contributed by atoms with Gasteiger partial charge in [-0.15, -0.1) is 0 Å². The van der Waals surface area contributed by atoms with Gasteiger partial charge in [0, 0.05) is 50.1 Å². The van der Waals surface area contributed by atoms with E-state index in [9.17, 15) is 4.79 Å². The van der Waals surface area contributed by atoms with Gasteiger partial charge in [-0.1, -0.05) is 16.3 Å². The number of ether oxygens (including phenoxy) is 3. The fraction of sp³-hybridized carbons (Fsp3) is 0.840. The van der Waals surface area contributed by atoms with Gasteiger partial charge in [-0.25, -0.2) is 4.99 Å². The fourth-order valence-electron chi connectivity index (χ4n) is 5.71. The fourth-order valence-corrected chi connectivity index (χ4v) is 5.71. The Morgan fingerprint density at radius 3 is 2.66 bits per heavy atom. The number of aliphatic hydroxyl groups is 1. The minimum atomic E-state index is -0.949. The van der Waals surface area contributed by atoms with Crippen molar-refractivity contribution in [2.75, 3.05) is 52.7 Å². The van der Waals surface area contributed by atoms with Gasteiger partial charge in [-0.2, -0.15) is 0 Å². The molecule has 0 aromatic heterocycles. The quantitative estimate of drug-likeness (QED) is 0.165. The topological polar surface area (TPSA) is 129 Å². The van der Waals surface area contributed by atoms with Crippen molar-refractivity contribution in [2.24, 2.45) is 16.0 Å². The van der Waals surface area contributed by atoms with Gasteiger partial charge in [-0.3, -0.25) is 4.79 Å². The minimum absolute atomic E-state index is 0.0260. The summed E-state index contributed by atoms with van der Waals surface area (Å²) in [6.45, 7) is 3.62. The average molecular weight is 490 g/mol. The molecule has 2 heterocycles. The summed E-state index contributed by atoms with van der Waals surface area (Å²) in [5.74, 6) is 0.946. The Morgan fingerprint density at radius 2 is 1.94 bits per heavy atom. The van der Waals surface area contributed by atoms with E-state index >= 15 is 0 Å². The van der Waals surface area contributed by atoms with Crippen LogP contribution in [0.2, 0.25) is 0 Å². The lowest BCUT2D eigenvalue weighted by Gasteiger charge is -2.35. The molecule has 0 aromatic rings. The lowest BCUT2D eigenvalue weighted by atomic mass is 9.82. The summed E-state index contributed by atoms with van der Waals surface area (Å²) in [4.78, 5) is 23.8. The SMILES string of the molecule is [N-]=[N+]=NCC1=C(C[C@]2(C(=O)N3CCOCC3)COC(C3CCC(OCCCO)CC3)=N2)CCCC1. The molecule has 2 fully saturated rings. The predicted molar refractivity (Wildman–Crippen MR) is 131 cm³/mol. The van der Waals surface area contributed by atoms with Crippen molar-refractivity contribution in [1.29, 1.82) is 0 Å². The molecule has 2 aliphatic heterocycles. The number of nitrogens with zero attached hydrogens (tertiary/aromatic N) is 5. The van der Waals surface area contributed by atoms with E-state index in [1.54, 1.807) is 0 Å². The zero-order chi connectivity index (χ0) is 24.5. The number of hydrogen-bond donors (Lipinski definition) is 1. The van der Waals surface area contributed by atoms with Gasteiger partial charge < -0.3 is 24.2 Å². The van der Waals surface area contributed by atoms with E-state index in [4.69, 9.17) is 29.8 Å². The average Bonchev–Trinajstić information content (AvgIpc) is 3.34. The molecule has 1 atom stereocenters. The number of carbonyl (C=O) groups excluding carboxylic acids is 1. The van der Waals surface area contributed by atoms with Crippen LogP contribution >= 0.6 is 0 Å². The molecule has 35 heavy (non-hydrogen) atoms. The van der Waals surface area contributed by atoms with Crippen molar-refractivity contribution < 1.29 is 24.1 Å². The van der Waals surface area contributed by atoms with E-state index in [-0.39, 0.29) is 31.1 Å². The maximum atomic E-state index is 13.9. The molecule has 1 amide bonds. The summed E-state index contributed by atoms with van der Waals surface area (Å²) >= 11 is 0. The molecule has 10 nitrogen and oxygen atoms in total. The van der Waals surface area contributed by atoms with E-state index in [1.807, 2.05) is 4.90 Å². The predicted octanol–water partition coefficient (Wildman–Crippen LogP) is 3.54. The van der Waals surface area contributed by atoms with Crippen LogP contribution in [0.1, 0.15) is 64.2 Å². The third kappa shape index (κ3) is 6.55. The molecule has 4 rings (SSSR count). The first kappa shape index (κ1) is 25.9. The van der Waals surface area contributed by atoms with Gasteiger partial charge in [0.1, 0.15) is 6.61 Å². The van der Waals surface area contributed by atoms with Crippen molar-refractivity contribution in [3.05, 3.63) is 21.6 Å². The van der Waals surface area contributed by atoms with Crippen LogP contribution in [-0.4, -0.2) is 86.1 Å². The number of carbonyl (C=O) groups is 1. The highest BCUT2D eigenvalue weighted by Gasteiger charge is 2.48. The summed E-state index contributed by atoms with van der Waals surface area (Å²) in [5, 5.41) is 12.8. The van der Waals surface area contributed by atoms with Gasteiger partial charge >= 0.3 is 0 Å². The lowest BCUT2D eigenvalue weighted by molar-refractivity contribution is -0.141. The molecule has 2 aliphatic carbocycles. The Balaban J connectivity index is 1.52. The van der Waals surface area contributed by atoms with Crippen molar-refractivity contribution in [1.82, 2.24) is 4.90 Å². The van der Waals surface area contributed by atoms with Gasteiger partial charge in [0.05, 0.1) is 19.3 Å². The molecule has 0 unspecified atom stereocenters. The second-order valence-corrected chi connectivity index (χ2v) is 10.1. The molecule has 194 valence electrons. The van der Waals surface area contributed by atoms with Gasteiger partial charge in [0.25, 0.3) is 5.91 Å². The molecule has 0 aromatic carbocycles. The number of azide groups is 1. The maximum absolute atomic E-state index is 13.9. The number of aliphatic imine (C=N–C) groups is 1. The Labute approximate surface area is 207 Å². The van der Waals surface area contributed by atoms with Crippen LogP contribution in [0.4, 0.5) is 0 Å². The molecule has 0 radical (unpaired) electrons. The number of aliphatic hydroxyl groups excluding tert-OH is 1. The van der Waals surface area contributed by atoms with Crippen LogP contribution in [0.3, 0.4) is 0 Å². The molecule has 4 aliphatic rings. The van der Waals surface area contributed by atoms with Gasteiger partial charge in [0.2, 0.25) is 0 Å². The zero-order valence-corrected chi connectivity index (χ0v) is 20.7. The third-order valence-corrected chi connectivity index (χ3v) is 7.70. The van der Waals surface area contributed by atoms with Crippen LogP contribution in [-0.2, 0) is 19.0 Å². The van der Waals surface area contributed by atoms with Crippen LogP contribution in [0.25, 0.3) is 10.4 Å². The molecule has 1 saturated heterocycles. The highest BCUT2D eigenvalue weighted by molar-refractivity contribution is 5.93. The van der Waals surface area contributed by atoms with E-state index < -0.39 is 5.54 Å². The Hall–Kier alpha value is -2.13. The van der Waals surface area contributed by atoms with Crippen molar-refractivity contribution in [2.45, 2.75) is 75.9 Å². The second-order valence-electron chi connectivity index (χ2n) is 10.1. The van der Waals surface area contributed by atoms with Crippen molar-refractivity contribution >= 4 is 11.8 Å². The minimum Gasteiger partial charge on any atom is -0.478 e. The number of rotatable bonds is 10. The largest absolute Gasteiger partial charge is 0.478 e. The molecule has 10 heteroatoms. The van der Waals surface area contributed by atoms with Crippen LogP contribution < -0.4 is 0 Å². The molecule has 0 spiro atoms. The number of hydrogen-bond acceptors (Lipinski definition) is 7. The summed E-state index contributed by atoms with van der Waals surface area (Å²) in [7, 11) is 0. The highest BCUT2D eigenvalue weighted by atomic mass is 16.5. The van der Waals surface area contributed by atoms with Crippen molar-refractivity contribution in [3.8, 4) is 0 Å². The zero-order valence-electron chi connectivity index (χ0n) is 20.7. The standard InChI is InChI=1S/C25H39N5O5/c26-29-27-17-21-5-2-1-4-20(21)16-25(24(32)30-10-14-33-15-11-30)18-35-23(28-25)19-6-8-22(9-7-19)34-13-3-12-31/h19,22,31H,1-18H2/t19?,22?,25-/m1/s1.